The molecule has 0 fully saturated rings. The molecule has 1 rings (SSSR count). The average molecular weight is 304 g/mol. The van der Waals surface area contributed by atoms with E-state index in [0.29, 0.717) is 0 Å². The summed E-state index contributed by atoms with van der Waals surface area (Å²) in [5.41, 5.74) is -1.09. The molecule has 0 aliphatic rings. The predicted octanol–water partition coefficient (Wildman–Crippen LogP) is 2.43. The maximum absolute atomic E-state index is 12.4. The molecule has 8 heteroatoms. The van der Waals surface area contributed by atoms with Gasteiger partial charge < -0.3 is 10.0 Å². The molecule has 1 unspecified atom stereocenters. The van der Waals surface area contributed by atoms with Gasteiger partial charge in [0.15, 0.2) is 0 Å². The minimum atomic E-state index is -4.57. The first-order chi connectivity index (χ1) is 9.66. The molecule has 5 nitrogen and oxygen atoms in total. The van der Waals surface area contributed by atoms with Crippen LogP contribution < -0.4 is 0 Å². The van der Waals surface area contributed by atoms with Crippen molar-refractivity contribution in [2.75, 3.05) is 6.54 Å². The van der Waals surface area contributed by atoms with Crippen LogP contribution in [0.2, 0.25) is 0 Å². The van der Waals surface area contributed by atoms with Gasteiger partial charge in [0.1, 0.15) is 5.69 Å². The van der Waals surface area contributed by atoms with Crippen molar-refractivity contribution in [1.29, 1.82) is 0 Å². The smallest absolute Gasteiger partial charge is 0.433 e. The molecular formula is C13H15F3N2O3. The summed E-state index contributed by atoms with van der Waals surface area (Å²) in [6, 6.07) is 1.19. The van der Waals surface area contributed by atoms with Crippen LogP contribution in [0.25, 0.3) is 0 Å². The molecule has 0 aliphatic heterocycles. The van der Waals surface area contributed by atoms with E-state index in [1.54, 1.807) is 13.8 Å². The number of nitrogens with zero attached hydrogens (tertiary/aromatic N) is 2. The number of hydrogen-bond acceptors (Lipinski definition) is 3. The zero-order valence-electron chi connectivity index (χ0n) is 11.5. The summed E-state index contributed by atoms with van der Waals surface area (Å²) in [4.78, 5) is 27.3. The molecule has 0 saturated heterocycles. The molecular weight excluding hydrogens is 289 g/mol. The van der Waals surface area contributed by atoms with Crippen molar-refractivity contribution in [2.24, 2.45) is 0 Å². The van der Waals surface area contributed by atoms with Crippen LogP contribution in [0.5, 0.6) is 0 Å². The van der Waals surface area contributed by atoms with Gasteiger partial charge in [-0.3, -0.25) is 14.6 Å². The number of aliphatic carboxylic acids is 1. The molecule has 0 bridgehead atoms. The van der Waals surface area contributed by atoms with E-state index in [2.05, 4.69) is 4.98 Å². The number of aromatic nitrogens is 1. The highest BCUT2D eigenvalue weighted by molar-refractivity contribution is 5.94. The number of alkyl halides is 3. The quantitative estimate of drug-likeness (QED) is 0.907. The van der Waals surface area contributed by atoms with Crippen LogP contribution in [0.15, 0.2) is 18.3 Å². The van der Waals surface area contributed by atoms with Crippen molar-refractivity contribution in [1.82, 2.24) is 9.88 Å². The third kappa shape index (κ3) is 4.44. The van der Waals surface area contributed by atoms with Gasteiger partial charge >= 0.3 is 12.1 Å². The van der Waals surface area contributed by atoms with E-state index in [-0.39, 0.29) is 18.5 Å². The SMILES string of the molecule is CCN(C(=O)c1ccc(C(F)(F)F)nc1)C(C)CC(=O)O. The lowest BCUT2D eigenvalue weighted by molar-refractivity contribution is -0.141. The monoisotopic (exact) mass is 304 g/mol. The van der Waals surface area contributed by atoms with E-state index in [9.17, 15) is 22.8 Å². The lowest BCUT2D eigenvalue weighted by Crippen LogP contribution is -2.39. The molecule has 1 atom stereocenters. The number of carboxylic acid groups (broad SMARTS) is 1. The number of rotatable bonds is 5. The Kier molecular flexibility index (Phi) is 5.28. The van der Waals surface area contributed by atoms with Crippen molar-refractivity contribution >= 4 is 11.9 Å². The maximum atomic E-state index is 12.4. The standard InChI is InChI=1S/C13H15F3N2O3/c1-3-18(8(2)6-11(19)20)12(21)9-4-5-10(17-7-9)13(14,15)16/h4-5,7-8H,3,6H2,1-2H3,(H,19,20). The van der Waals surface area contributed by atoms with Gasteiger partial charge in [0, 0.05) is 18.8 Å². The highest BCUT2D eigenvalue weighted by Gasteiger charge is 2.32. The van der Waals surface area contributed by atoms with Crippen LogP contribution in [0.4, 0.5) is 13.2 Å². The molecule has 0 aliphatic carbocycles. The lowest BCUT2D eigenvalue weighted by atomic mass is 10.1. The fourth-order valence-electron chi connectivity index (χ4n) is 1.87. The molecule has 0 saturated carbocycles. The van der Waals surface area contributed by atoms with E-state index in [1.807, 2.05) is 0 Å². The highest BCUT2D eigenvalue weighted by atomic mass is 19.4. The molecule has 1 aromatic heterocycles. The van der Waals surface area contributed by atoms with Gasteiger partial charge in [-0.1, -0.05) is 0 Å². The maximum Gasteiger partial charge on any atom is 0.433 e. The van der Waals surface area contributed by atoms with Crippen molar-refractivity contribution in [3.63, 3.8) is 0 Å². The second-order valence-electron chi connectivity index (χ2n) is 4.47. The number of carbonyl (C=O) groups excluding carboxylic acids is 1. The molecule has 1 amide bonds. The van der Waals surface area contributed by atoms with Gasteiger partial charge in [0.25, 0.3) is 5.91 Å². The van der Waals surface area contributed by atoms with Crippen LogP contribution in [-0.2, 0) is 11.0 Å². The Balaban J connectivity index is 2.93. The molecule has 0 aromatic carbocycles. The van der Waals surface area contributed by atoms with E-state index >= 15 is 0 Å². The summed E-state index contributed by atoms with van der Waals surface area (Å²) < 4.78 is 37.2. The second-order valence-corrected chi connectivity index (χ2v) is 4.47. The molecule has 0 radical (unpaired) electrons. The summed E-state index contributed by atoms with van der Waals surface area (Å²) in [7, 11) is 0. The van der Waals surface area contributed by atoms with E-state index in [0.717, 1.165) is 18.3 Å². The second kappa shape index (κ2) is 6.55. The van der Waals surface area contributed by atoms with Crippen LogP contribution in [0.1, 0.15) is 36.3 Å². The van der Waals surface area contributed by atoms with Gasteiger partial charge in [0.2, 0.25) is 0 Å². The Bertz CT molecular complexity index is 514. The molecule has 1 aromatic rings. The molecule has 116 valence electrons. The normalized spacial score (nSPS) is 12.8. The number of amides is 1. The van der Waals surface area contributed by atoms with E-state index in [1.165, 1.54) is 4.90 Å². The number of carboxylic acids is 1. The summed E-state index contributed by atoms with van der Waals surface area (Å²) in [6.45, 7) is 3.47. The highest BCUT2D eigenvalue weighted by Crippen LogP contribution is 2.27. The molecule has 0 spiro atoms. The van der Waals surface area contributed by atoms with Crippen molar-refractivity contribution in [3.05, 3.63) is 29.6 Å². The average Bonchev–Trinajstić information content (AvgIpc) is 2.37. The van der Waals surface area contributed by atoms with Gasteiger partial charge in [-0.25, -0.2) is 0 Å². The van der Waals surface area contributed by atoms with Gasteiger partial charge in [-0.15, -0.1) is 0 Å². The first-order valence-corrected chi connectivity index (χ1v) is 6.22. The summed E-state index contributed by atoms with van der Waals surface area (Å²) in [5.74, 6) is -1.60. The Hall–Kier alpha value is -2.12. The van der Waals surface area contributed by atoms with Crippen molar-refractivity contribution < 1.29 is 27.9 Å². The predicted molar refractivity (Wildman–Crippen MR) is 67.7 cm³/mol. The Morgan fingerprint density at radius 3 is 2.38 bits per heavy atom. The largest absolute Gasteiger partial charge is 0.481 e. The Labute approximate surface area is 119 Å². The van der Waals surface area contributed by atoms with Crippen LogP contribution >= 0.6 is 0 Å². The topological polar surface area (TPSA) is 70.5 Å². The summed E-state index contributed by atoms with van der Waals surface area (Å²) in [6.07, 6.45) is -3.96. The van der Waals surface area contributed by atoms with Gasteiger partial charge in [0.05, 0.1) is 12.0 Å². The molecule has 1 heterocycles. The van der Waals surface area contributed by atoms with Gasteiger partial charge in [-0.05, 0) is 26.0 Å². The molecule has 1 N–H and O–H groups in total. The number of halogens is 3. The fourth-order valence-corrected chi connectivity index (χ4v) is 1.87. The zero-order chi connectivity index (χ0) is 16.2. The summed E-state index contributed by atoms with van der Waals surface area (Å²) >= 11 is 0. The van der Waals surface area contributed by atoms with E-state index in [4.69, 9.17) is 5.11 Å². The lowest BCUT2D eigenvalue weighted by Gasteiger charge is -2.27. The van der Waals surface area contributed by atoms with Crippen LogP contribution in [0, 0.1) is 0 Å². The fraction of sp³-hybridized carbons (Fsp3) is 0.462. The Morgan fingerprint density at radius 2 is 2.00 bits per heavy atom. The first kappa shape index (κ1) is 16.9. The minimum Gasteiger partial charge on any atom is -0.481 e. The third-order valence-electron chi connectivity index (χ3n) is 2.90. The number of pyridine rings is 1. The van der Waals surface area contributed by atoms with Crippen molar-refractivity contribution in [3.8, 4) is 0 Å². The number of hydrogen-bond donors (Lipinski definition) is 1. The van der Waals surface area contributed by atoms with Crippen LogP contribution in [0.3, 0.4) is 0 Å². The third-order valence-corrected chi connectivity index (χ3v) is 2.90. The van der Waals surface area contributed by atoms with Crippen LogP contribution in [-0.4, -0.2) is 39.5 Å². The first-order valence-electron chi connectivity index (χ1n) is 6.22. The number of carbonyl (C=O) groups is 2. The Morgan fingerprint density at radius 1 is 1.38 bits per heavy atom. The minimum absolute atomic E-state index is 0.0120. The van der Waals surface area contributed by atoms with Gasteiger partial charge in [-0.2, -0.15) is 13.2 Å². The zero-order valence-corrected chi connectivity index (χ0v) is 11.5. The summed E-state index contributed by atoms with van der Waals surface area (Å²) in [5, 5.41) is 8.73. The van der Waals surface area contributed by atoms with Crippen molar-refractivity contribution in [2.45, 2.75) is 32.5 Å². The van der Waals surface area contributed by atoms with E-state index < -0.39 is 29.8 Å². The molecule has 21 heavy (non-hydrogen) atoms.